The van der Waals surface area contributed by atoms with Gasteiger partial charge >= 0.3 is 5.97 Å². The Labute approximate surface area is 220 Å². The number of esters is 1. The number of unbranched alkanes of at least 4 members (excludes halogenated alkanes) is 6. The minimum Gasteiger partial charge on any atom is -0.491 e. The quantitative estimate of drug-likeness (QED) is 0.121. The number of carbonyl (C=O) groups excluding carboxylic acids is 1. The number of carbonyl (C=O) groups is 1. The molecule has 0 heterocycles. The number of hydrogen-bond donors (Lipinski definition) is 0. The molecule has 0 spiro atoms. The normalized spacial score (nSPS) is 13.2. The fourth-order valence-electron chi connectivity index (χ4n) is 4.74. The maximum Gasteiger partial charge on any atom is 0.314 e. The third-order valence-corrected chi connectivity index (χ3v) is 6.72. The molecule has 2 atom stereocenters. The van der Waals surface area contributed by atoms with E-state index in [1.54, 1.807) is 0 Å². The van der Waals surface area contributed by atoms with Gasteiger partial charge in [0.25, 0.3) is 0 Å². The number of hydrogen-bond acceptors (Lipinski definition) is 3. The van der Waals surface area contributed by atoms with Gasteiger partial charge in [-0.25, -0.2) is 0 Å². The van der Waals surface area contributed by atoms with Crippen molar-refractivity contribution in [2.45, 2.75) is 91.2 Å². The van der Waals surface area contributed by atoms with Gasteiger partial charge in [-0.15, -0.1) is 0 Å². The summed E-state index contributed by atoms with van der Waals surface area (Å²) in [7, 11) is 4.32. The highest BCUT2D eigenvalue weighted by Crippen LogP contribution is 2.18. The van der Waals surface area contributed by atoms with Gasteiger partial charge in [-0.05, 0) is 44.4 Å². The van der Waals surface area contributed by atoms with Crippen LogP contribution in [-0.2, 0) is 22.5 Å². The number of ether oxygens (including phenoxy) is 2. The van der Waals surface area contributed by atoms with Crippen LogP contribution < -0.4 is 4.74 Å². The second-order valence-electron chi connectivity index (χ2n) is 11.1. The lowest BCUT2D eigenvalue weighted by molar-refractivity contribution is -0.905. The zero-order valence-electron chi connectivity index (χ0n) is 23.5. The highest BCUT2D eigenvalue weighted by atomic mass is 16.5. The smallest absolute Gasteiger partial charge is 0.314 e. The summed E-state index contributed by atoms with van der Waals surface area (Å²) in [5.74, 6) is 0.602. The van der Waals surface area contributed by atoms with Crippen LogP contribution in [0.25, 0.3) is 0 Å². The van der Waals surface area contributed by atoms with Gasteiger partial charge in [-0.2, -0.15) is 0 Å². The molecule has 0 aliphatic carbocycles. The van der Waals surface area contributed by atoms with Crippen LogP contribution in [-0.4, -0.2) is 43.8 Å². The maximum atomic E-state index is 12.6. The maximum absolute atomic E-state index is 12.6. The van der Waals surface area contributed by atoms with Crippen molar-refractivity contribution in [1.82, 2.24) is 0 Å². The Balaban J connectivity index is 1.62. The summed E-state index contributed by atoms with van der Waals surface area (Å²) in [5.41, 5.74) is 2.65. The standard InChI is InChI=1S/C32H50NO3/c1-6-7-8-9-10-11-13-16-29-19-21-31(22-20-29)36-28(3)23-24-35-32(34)27(2)25-33(4,5)26-30-17-14-12-15-18-30/h12,14-15,17-22,27-28H,6-11,13,16,23-26H2,1-5H3/q+1. The molecule has 0 radical (unpaired) electrons. The van der Waals surface area contributed by atoms with Crippen molar-refractivity contribution in [3.8, 4) is 5.75 Å². The third-order valence-electron chi connectivity index (χ3n) is 6.72. The van der Waals surface area contributed by atoms with Crippen LogP contribution in [0.2, 0.25) is 0 Å². The van der Waals surface area contributed by atoms with E-state index >= 15 is 0 Å². The van der Waals surface area contributed by atoms with E-state index in [1.807, 2.05) is 19.9 Å². The van der Waals surface area contributed by atoms with Crippen molar-refractivity contribution < 1.29 is 18.8 Å². The molecular formula is C32H50NO3+. The molecule has 0 N–H and O–H groups in total. The zero-order valence-corrected chi connectivity index (χ0v) is 23.5. The topological polar surface area (TPSA) is 35.5 Å². The molecule has 2 unspecified atom stereocenters. The molecule has 0 saturated heterocycles. The number of quaternary nitrogens is 1. The minimum absolute atomic E-state index is 0.00706. The third kappa shape index (κ3) is 12.6. The summed E-state index contributed by atoms with van der Waals surface area (Å²) in [5, 5.41) is 0. The van der Waals surface area contributed by atoms with Gasteiger partial charge < -0.3 is 14.0 Å². The highest BCUT2D eigenvalue weighted by molar-refractivity contribution is 5.72. The van der Waals surface area contributed by atoms with Crippen LogP contribution >= 0.6 is 0 Å². The molecule has 200 valence electrons. The van der Waals surface area contributed by atoms with E-state index in [1.165, 1.54) is 56.1 Å². The van der Waals surface area contributed by atoms with Crippen molar-refractivity contribution in [2.75, 3.05) is 27.2 Å². The lowest BCUT2D eigenvalue weighted by Crippen LogP contribution is -2.44. The molecule has 0 fully saturated rings. The van der Waals surface area contributed by atoms with Gasteiger partial charge in [-0.1, -0.05) is 87.9 Å². The number of rotatable bonds is 18. The minimum atomic E-state index is -0.149. The number of aryl methyl sites for hydroxylation is 1. The van der Waals surface area contributed by atoms with E-state index in [2.05, 4.69) is 69.6 Å². The van der Waals surface area contributed by atoms with E-state index in [-0.39, 0.29) is 18.0 Å². The van der Waals surface area contributed by atoms with Crippen molar-refractivity contribution >= 4 is 5.97 Å². The predicted molar refractivity (Wildman–Crippen MR) is 150 cm³/mol. The second kappa shape index (κ2) is 16.4. The van der Waals surface area contributed by atoms with Crippen LogP contribution in [0.3, 0.4) is 0 Å². The zero-order chi connectivity index (χ0) is 26.2. The molecular weight excluding hydrogens is 446 g/mol. The lowest BCUT2D eigenvalue weighted by atomic mass is 10.0. The van der Waals surface area contributed by atoms with Gasteiger partial charge in [0.15, 0.2) is 0 Å². The van der Waals surface area contributed by atoms with Crippen LogP contribution in [0, 0.1) is 5.92 Å². The molecule has 36 heavy (non-hydrogen) atoms. The molecule has 0 amide bonds. The largest absolute Gasteiger partial charge is 0.491 e. The van der Waals surface area contributed by atoms with Gasteiger partial charge in [0.05, 0.1) is 33.4 Å². The molecule has 2 aromatic rings. The Morgan fingerprint density at radius 3 is 2.14 bits per heavy atom. The van der Waals surface area contributed by atoms with E-state index in [0.717, 1.165) is 29.7 Å². The molecule has 0 aliphatic rings. The molecule has 4 heteroatoms. The van der Waals surface area contributed by atoms with Gasteiger partial charge in [0.1, 0.15) is 18.2 Å². The molecule has 0 aliphatic heterocycles. The van der Waals surface area contributed by atoms with E-state index in [0.29, 0.717) is 13.0 Å². The predicted octanol–water partition coefficient (Wildman–Crippen LogP) is 7.59. The molecule has 0 saturated carbocycles. The summed E-state index contributed by atoms with van der Waals surface area (Å²) in [6.07, 6.45) is 11.2. The first-order chi connectivity index (χ1) is 17.3. The van der Waals surface area contributed by atoms with Gasteiger partial charge in [0, 0.05) is 12.0 Å². The summed E-state index contributed by atoms with van der Waals surface area (Å²) < 4.78 is 12.4. The monoisotopic (exact) mass is 496 g/mol. The van der Waals surface area contributed by atoms with Crippen LogP contribution in [0.5, 0.6) is 5.75 Å². The SMILES string of the molecule is CCCCCCCCCc1ccc(OC(C)CCOC(=O)C(C)C[N+](C)(C)Cc2ccccc2)cc1. The molecule has 4 nitrogen and oxygen atoms in total. The lowest BCUT2D eigenvalue weighted by Gasteiger charge is -2.32. The highest BCUT2D eigenvalue weighted by Gasteiger charge is 2.25. The van der Waals surface area contributed by atoms with E-state index < -0.39 is 0 Å². The number of benzene rings is 2. The average Bonchev–Trinajstić information content (AvgIpc) is 2.84. The first-order valence-corrected chi connectivity index (χ1v) is 14.1. The fourth-order valence-corrected chi connectivity index (χ4v) is 4.74. The Morgan fingerprint density at radius 1 is 0.833 bits per heavy atom. The summed E-state index contributed by atoms with van der Waals surface area (Å²) in [6.45, 7) is 8.27. The fraction of sp³-hybridized carbons (Fsp3) is 0.594. The summed E-state index contributed by atoms with van der Waals surface area (Å²) in [6, 6.07) is 18.9. The molecule has 2 aromatic carbocycles. The van der Waals surface area contributed by atoms with Crippen LogP contribution in [0.4, 0.5) is 0 Å². The molecule has 2 rings (SSSR count). The number of nitrogens with zero attached hydrogens (tertiary/aromatic N) is 1. The molecule has 0 aromatic heterocycles. The van der Waals surface area contributed by atoms with Crippen molar-refractivity contribution in [3.63, 3.8) is 0 Å². The van der Waals surface area contributed by atoms with Crippen molar-refractivity contribution in [2.24, 2.45) is 5.92 Å². The Morgan fingerprint density at radius 2 is 1.47 bits per heavy atom. The summed E-state index contributed by atoms with van der Waals surface area (Å²) in [4.78, 5) is 12.6. The van der Waals surface area contributed by atoms with Crippen molar-refractivity contribution in [1.29, 1.82) is 0 Å². The summed E-state index contributed by atoms with van der Waals surface area (Å²) >= 11 is 0. The van der Waals surface area contributed by atoms with Gasteiger partial charge in [0.2, 0.25) is 0 Å². The Bertz CT molecular complexity index is 847. The van der Waals surface area contributed by atoms with Gasteiger partial charge in [-0.3, -0.25) is 4.79 Å². The first-order valence-electron chi connectivity index (χ1n) is 14.1. The van der Waals surface area contributed by atoms with E-state index in [4.69, 9.17) is 9.47 Å². The molecule has 0 bridgehead atoms. The first kappa shape index (κ1) is 29.9. The van der Waals surface area contributed by atoms with Crippen LogP contribution in [0.1, 0.15) is 83.3 Å². The Kier molecular flexibility index (Phi) is 13.6. The average molecular weight is 497 g/mol. The Hall–Kier alpha value is -2.33. The van der Waals surface area contributed by atoms with Crippen molar-refractivity contribution in [3.05, 3.63) is 65.7 Å². The van der Waals surface area contributed by atoms with E-state index in [9.17, 15) is 4.79 Å². The van der Waals surface area contributed by atoms with Crippen LogP contribution in [0.15, 0.2) is 54.6 Å². The second-order valence-corrected chi connectivity index (χ2v) is 11.1.